The van der Waals surface area contributed by atoms with Gasteiger partial charge in [-0.25, -0.2) is 15.0 Å². The molecule has 0 saturated heterocycles. The molecule has 1 aliphatic rings. The van der Waals surface area contributed by atoms with E-state index in [2.05, 4.69) is 91.3 Å². The molecule has 1 aliphatic carbocycles. The lowest BCUT2D eigenvalue weighted by molar-refractivity contribution is 0.661. The maximum absolute atomic E-state index is 4.89. The molecular formula is C38H28N4. The van der Waals surface area contributed by atoms with Crippen molar-refractivity contribution in [2.24, 2.45) is 0 Å². The highest BCUT2D eigenvalue weighted by Crippen LogP contribution is 2.51. The quantitative estimate of drug-likeness (QED) is 0.224. The van der Waals surface area contributed by atoms with E-state index in [1.54, 1.807) is 0 Å². The Balaban J connectivity index is 1.21. The first kappa shape index (κ1) is 24.4. The Bertz CT molecular complexity index is 2030. The number of rotatable bonds is 4. The molecule has 5 aromatic carbocycles. The molecule has 4 heteroatoms. The average Bonchev–Trinajstić information content (AvgIpc) is 3.58. The van der Waals surface area contributed by atoms with Gasteiger partial charge in [-0.3, -0.25) is 0 Å². The largest absolute Gasteiger partial charge is 0.317 e. The van der Waals surface area contributed by atoms with Crippen LogP contribution in [0.4, 0.5) is 0 Å². The Morgan fingerprint density at radius 3 is 1.67 bits per heavy atom. The summed E-state index contributed by atoms with van der Waals surface area (Å²) in [5, 5.41) is 1.28. The number of benzene rings is 5. The number of aromatic nitrogens is 4. The van der Waals surface area contributed by atoms with Crippen LogP contribution in [0.15, 0.2) is 134 Å². The average molecular weight is 541 g/mol. The Hall–Kier alpha value is -5.35. The molecule has 0 saturated carbocycles. The molecule has 2 heterocycles. The van der Waals surface area contributed by atoms with Gasteiger partial charge in [-0.05, 0) is 58.7 Å². The first-order valence-corrected chi connectivity index (χ1v) is 14.3. The molecule has 0 radical (unpaired) electrons. The molecule has 0 N–H and O–H groups in total. The van der Waals surface area contributed by atoms with Crippen molar-refractivity contribution in [1.29, 1.82) is 0 Å². The molecule has 4 nitrogen and oxygen atoms in total. The third kappa shape index (κ3) is 3.80. The van der Waals surface area contributed by atoms with Gasteiger partial charge in [0, 0.05) is 39.4 Å². The van der Waals surface area contributed by atoms with Crippen LogP contribution >= 0.6 is 0 Å². The van der Waals surface area contributed by atoms with Crippen LogP contribution in [0.2, 0.25) is 0 Å². The summed E-state index contributed by atoms with van der Waals surface area (Å²) < 4.78 is 2.27. The highest BCUT2D eigenvalue weighted by Gasteiger charge is 2.36. The van der Waals surface area contributed by atoms with Gasteiger partial charge in [0.15, 0.2) is 17.5 Å². The van der Waals surface area contributed by atoms with Crippen LogP contribution in [0.5, 0.6) is 0 Å². The molecule has 2 aromatic heterocycles. The second-order valence-corrected chi connectivity index (χ2v) is 11.4. The van der Waals surface area contributed by atoms with Crippen molar-refractivity contribution in [2.75, 3.05) is 0 Å². The molecule has 0 bridgehead atoms. The molecule has 0 atom stereocenters. The van der Waals surface area contributed by atoms with Crippen molar-refractivity contribution in [3.05, 3.63) is 145 Å². The number of hydrogen-bond donors (Lipinski definition) is 0. The molecule has 8 rings (SSSR count). The summed E-state index contributed by atoms with van der Waals surface area (Å²) in [7, 11) is 0. The van der Waals surface area contributed by atoms with Gasteiger partial charge < -0.3 is 4.57 Å². The third-order valence-corrected chi connectivity index (χ3v) is 8.52. The fourth-order valence-electron chi connectivity index (χ4n) is 6.35. The van der Waals surface area contributed by atoms with Crippen LogP contribution in [0.25, 0.3) is 61.9 Å². The van der Waals surface area contributed by atoms with Gasteiger partial charge in [-0.1, -0.05) is 105 Å². The minimum atomic E-state index is -0.00832. The Morgan fingerprint density at radius 2 is 1.05 bits per heavy atom. The second-order valence-electron chi connectivity index (χ2n) is 11.4. The molecule has 0 fully saturated rings. The normalized spacial score (nSPS) is 13.2. The topological polar surface area (TPSA) is 43.6 Å². The number of nitrogens with zero attached hydrogens (tertiary/aromatic N) is 4. The predicted molar refractivity (Wildman–Crippen MR) is 171 cm³/mol. The van der Waals surface area contributed by atoms with E-state index in [1.807, 2.05) is 60.7 Å². The van der Waals surface area contributed by atoms with Crippen molar-refractivity contribution in [3.63, 3.8) is 0 Å². The van der Waals surface area contributed by atoms with Crippen LogP contribution < -0.4 is 0 Å². The van der Waals surface area contributed by atoms with Gasteiger partial charge in [0.2, 0.25) is 0 Å². The zero-order chi connectivity index (χ0) is 28.3. The summed E-state index contributed by atoms with van der Waals surface area (Å²) in [6.45, 7) is 4.65. The third-order valence-electron chi connectivity index (χ3n) is 8.52. The van der Waals surface area contributed by atoms with Crippen molar-refractivity contribution in [2.45, 2.75) is 19.3 Å². The van der Waals surface area contributed by atoms with Gasteiger partial charge in [-0.15, -0.1) is 0 Å². The van der Waals surface area contributed by atoms with Crippen molar-refractivity contribution >= 4 is 10.9 Å². The maximum Gasteiger partial charge on any atom is 0.164 e. The monoisotopic (exact) mass is 540 g/mol. The van der Waals surface area contributed by atoms with E-state index in [9.17, 15) is 0 Å². The van der Waals surface area contributed by atoms with E-state index >= 15 is 0 Å². The summed E-state index contributed by atoms with van der Waals surface area (Å²) in [4.78, 5) is 14.6. The summed E-state index contributed by atoms with van der Waals surface area (Å²) in [6.07, 6.45) is 2.18. The first-order valence-electron chi connectivity index (χ1n) is 14.3. The molecule has 200 valence electrons. The molecule has 42 heavy (non-hydrogen) atoms. The zero-order valence-corrected chi connectivity index (χ0v) is 23.5. The van der Waals surface area contributed by atoms with E-state index in [4.69, 9.17) is 15.0 Å². The molecule has 7 aromatic rings. The summed E-state index contributed by atoms with van der Waals surface area (Å²) >= 11 is 0. The second kappa shape index (κ2) is 9.35. The molecule has 0 amide bonds. The summed E-state index contributed by atoms with van der Waals surface area (Å²) in [5.74, 6) is 1.98. The fraction of sp³-hybridized carbons (Fsp3) is 0.0789. The van der Waals surface area contributed by atoms with Crippen molar-refractivity contribution in [1.82, 2.24) is 19.5 Å². The summed E-state index contributed by atoms with van der Waals surface area (Å²) in [5.41, 5.74) is 10.7. The molecular weight excluding hydrogens is 512 g/mol. The van der Waals surface area contributed by atoms with Crippen molar-refractivity contribution < 1.29 is 0 Å². The lowest BCUT2D eigenvalue weighted by Gasteiger charge is -2.21. The SMILES string of the molecule is CC1(C)c2ccccc2-c2c1ccc1c2ccn1-c1ccc(-c2nc(-c3ccccc3)nc(-c3ccccc3)n2)cc1. The summed E-state index contributed by atoms with van der Waals surface area (Å²) in [6, 6.07) is 44.3. The van der Waals surface area contributed by atoms with E-state index in [0.717, 1.165) is 22.4 Å². The minimum Gasteiger partial charge on any atom is -0.317 e. The highest BCUT2D eigenvalue weighted by molar-refractivity contribution is 6.02. The molecule has 0 spiro atoms. The van der Waals surface area contributed by atoms with Crippen LogP contribution in [0, 0.1) is 0 Å². The fourth-order valence-corrected chi connectivity index (χ4v) is 6.35. The molecule has 0 aliphatic heterocycles. The zero-order valence-electron chi connectivity index (χ0n) is 23.5. The van der Waals surface area contributed by atoms with Gasteiger partial charge in [-0.2, -0.15) is 0 Å². The molecule has 0 unspecified atom stereocenters. The van der Waals surface area contributed by atoms with Gasteiger partial charge in [0.25, 0.3) is 0 Å². The van der Waals surface area contributed by atoms with Crippen LogP contribution in [-0.2, 0) is 5.41 Å². The van der Waals surface area contributed by atoms with Gasteiger partial charge in [0.1, 0.15) is 0 Å². The van der Waals surface area contributed by atoms with Gasteiger partial charge in [0.05, 0.1) is 5.52 Å². The van der Waals surface area contributed by atoms with E-state index < -0.39 is 0 Å². The van der Waals surface area contributed by atoms with Gasteiger partial charge >= 0.3 is 0 Å². The van der Waals surface area contributed by atoms with E-state index in [1.165, 1.54) is 33.2 Å². The van der Waals surface area contributed by atoms with E-state index in [-0.39, 0.29) is 5.41 Å². The van der Waals surface area contributed by atoms with Crippen LogP contribution in [-0.4, -0.2) is 19.5 Å². The Labute approximate surface area is 245 Å². The van der Waals surface area contributed by atoms with Crippen molar-refractivity contribution in [3.8, 4) is 51.0 Å². The number of hydrogen-bond acceptors (Lipinski definition) is 3. The standard InChI is InChI=1S/C38H28N4/c1-38(2)31-16-10-9-15-29(31)34-30-23-24-42(33(30)22-21-32(34)38)28-19-17-27(18-20-28)37-40-35(25-11-5-3-6-12-25)39-36(41-37)26-13-7-4-8-14-26/h3-24H,1-2H3. The minimum absolute atomic E-state index is 0.00832. The Morgan fingerprint density at radius 1 is 0.500 bits per heavy atom. The van der Waals surface area contributed by atoms with E-state index in [0.29, 0.717) is 17.5 Å². The smallest absolute Gasteiger partial charge is 0.164 e. The lowest BCUT2D eigenvalue weighted by Crippen LogP contribution is -2.14. The highest BCUT2D eigenvalue weighted by atomic mass is 15.0. The first-order chi connectivity index (χ1) is 20.6. The lowest BCUT2D eigenvalue weighted by atomic mass is 9.82. The maximum atomic E-state index is 4.89. The number of fused-ring (bicyclic) bond motifs is 5. The Kier molecular flexibility index (Phi) is 5.44. The predicted octanol–water partition coefficient (Wildman–Crippen LogP) is 9.12. The van der Waals surface area contributed by atoms with Crippen LogP contribution in [0.1, 0.15) is 25.0 Å². The van der Waals surface area contributed by atoms with Crippen LogP contribution in [0.3, 0.4) is 0 Å².